The molecule has 154 valence electrons. The Morgan fingerprint density at radius 1 is 1.23 bits per heavy atom. The molecule has 0 aliphatic heterocycles. The van der Waals surface area contributed by atoms with E-state index in [1.54, 1.807) is 37.3 Å². The molecule has 1 amide bonds. The van der Waals surface area contributed by atoms with Crippen LogP contribution in [0.4, 0.5) is 5.69 Å². The van der Waals surface area contributed by atoms with Gasteiger partial charge in [0.2, 0.25) is 5.91 Å². The SMILES string of the molecule is C=CCn1c(SC(C)C(=O)Nc2cccc(C(C)=O)c2)nnc1-c1ccc(Br)cc1. The number of carbonyl (C=O) groups excluding carboxylic acids is 2. The molecule has 2 aromatic carbocycles. The fraction of sp³-hybridized carbons (Fsp3) is 0.182. The van der Waals surface area contributed by atoms with Crippen molar-refractivity contribution in [1.29, 1.82) is 0 Å². The Hall–Kier alpha value is -2.71. The van der Waals surface area contributed by atoms with Crippen LogP contribution in [0.5, 0.6) is 0 Å². The number of allylic oxidation sites excluding steroid dienone is 1. The van der Waals surface area contributed by atoms with Gasteiger partial charge in [0.1, 0.15) is 0 Å². The number of aromatic nitrogens is 3. The number of ketones is 1. The standard InChI is InChI=1S/C22H21BrN4O2S/c1-4-12-27-20(16-8-10-18(23)11-9-16)25-26-22(27)30-15(3)21(29)24-19-7-5-6-17(13-19)14(2)28/h4-11,13,15H,1,12H2,2-3H3,(H,24,29). The number of benzene rings is 2. The van der Waals surface area contributed by atoms with E-state index in [1.807, 2.05) is 28.8 Å². The first-order chi connectivity index (χ1) is 14.4. The van der Waals surface area contributed by atoms with Gasteiger partial charge in [-0.2, -0.15) is 0 Å². The van der Waals surface area contributed by atoms with Crippen molar-refractivity contribution in [3.8, 4) is 11.4 Å². The maximum absolute atomic E-state index is 12.7. The van der Waals surface area contributed by atoms with Gasteiger partial charge in [0.05, 0.1) is 5.25 Å². The molecule has 6 nitrogen and oxygen atoms in total. The molecule has 0 saturated carbocycles. The molecule has 0 aliphatic rings. The number of hydrogen-bond donors (Lipinski definition) is 1. The van der Waals surface area contributed by atoms with Crippen LogP contribution in [0.15, 0.2) is 70.8 Å². The molecule has 0 aliphatic carbocycles. The van der Waals surface area contributed by atoms with Crippen LogP contribution in [0.1, 0.15) is 24.2 Å². The average molecular weight is 485 g/mol. The monoisotopic (exact) mass is 484 g/mol. The van der Waals surface area contributed by atoms with Crippen LogP contribution >= 0.6 is 27.7 Å². The molecule has 1 atom stereocenters. The number of nitrogens with zero attached hydrogens (tertiary/aromatic N) is 3. The number of rotatable bonds is 8. The highest BCUT2D eigenvalue weighted by Crippen LogP contribution is 2.28. The minimum atomic E-state index is -0.420. The van der Waals surface area contributed by atoms with Crippen molar-refractivity contribution >= 4 is 45.1 Å². The molecule has 3 rings (SSSR count). The van der Waals surface area contributed by atoms with Gasteiger partial charge in [-0.1, -0.05) is 58.0 Å². The molecule has 1 aromatic heterocycles. The normalized spacial score (nSPS) is 11.7. The predicted molar refractivity (Wildman–Crippen MR) is 124 cm³/mol. The first kappa shape index (κ1) is 22.0. The lowest BCUT2D eigenvalue weighted by molar-refractivity contribution is -0.115. The first-order valence-electron chi connectivity index (χ1n) is 9.27. The Kier molecular flexibility index (Phi) is 7.23. The van der Waals surface area contributed by atoms with Gasteiger partial charge in [-0.25, -0.2) is 0 Å². The van der Waals surface area contributed by atoms with Crippen LogP contribution in [-0.2, 0) is 11.3 Å². The third-order valence-electron chi connectivity index (χ3n) is 4.32. The van der Waals surface area contributed by atoms with Gasteiger partial charge in [-0.15, -0.1) is 16.8 Å². The Balaban J connectivity index is 1.77. The molecule has 0 bridgehead atoms. The molecular weight excluding hydrogens is 464 g/mol. The zero-order valence-electron chi connectivity index (χ0n) is 16.6. The van der Waals surface area contributed by atoms with Crippen molar-refractivity contribution in [2.75, 3.05) is 5.32 Å². The van der Waals surface area contributed by atoms with Gasteiger partial charge in [0.15, 0.2) is 16.8 Å². The van der Waals surface area contributed by atoms with Crippen LogP contribution in [0.25, 0.3) is 11.4 Å². The molecule has 0 spiro atoms. The van der Waals surface area contributed by atoms with Crippen LogP contribution in [-0.4, -0.2) is 31.7 Å². The number of anilines is 1. The fourth-order valence-corrected chi connectivity index (χ4v) is 3.88. The number of amides is 1. The number of Topliss-reactive ketones (excluding diaryl/α,β-unsaturated/α-hetero) is 1. The van der Waals surface area contributed by atoms with E-state index in [9.17, 15) is 9.59 Å². The van der Waals surface area contributed by atoms with Crippen molar-refractivity contribution in [2.45, 2.75) is 30.8 Å². The van der Waals surface area contributed by atoms with E-state index in [1.165, 1.54) is 18.7 Å². The van der Waals surface area contributed by atoms with Gasteiger partial charge in [-0.05, 0) is 38.1 Å². The number of nitrogens with one attached hydrogen (secondary N) is 1. The second kappa shape index (κ2) is 9.86. The van der Waals surface area contributed by atoms with E-state index in [-0.39, 0.29) is 11.7 Å². The van der Waals surface area contributed by atoms with Gasteiger partial charge in [0.25, 0.3) is 0 Å². The number of thioether (sulfide) groups is 1. The molecule has 8 heteroatoms. The summed E-state index contributed by atoms with van der Waals surface area (Å²) in [6, 6.07) is 14.7. The lowest BCUT2D eigenvalue weighted by atomic mass is 10.1. The molecule has 1 unspecified atom stereocenters. The predicted octanol–water partition coefficient (Wildman–Crippen LogP) is 5.22. The molecule has 0 saturated heterocycles. The molecule has 30 heavy (non-hydrogen) atoms. The topological polar surface area (TPSA) is 76.9 Å². The number of hydrogen-bond acceptors (Lipinski definition) is 5. The molecule has 0 fully saturated rings. The van der Waals surface area contributed by atoms with Crippen LogP contribution < -0.4 is 5.32 Å². The number of carbonyl (C=O) groups is 2. The highest BCUT2D eigenvalue weighted by Gasteiger charge is 2.21. The summed E-state index contributed by atoms with van der Waals surface area (Å²) in [5, 5.41) is 11.7. The van der Waals surface area contributed by atoms with Gasteiger partial charge < -0.3 is 5.32 Å². The molecule has 1 heterocycles. The summed E-state index contributed by atoms with van der Waals surface area (Å²) in [7, 11) is 0. The zero-order chi connectivity index (χ0) is 21.7. The lowest BCUT2D eigenvalue weighted by Gasteiger charge is -2.13. The second-order valence-electron chi connectivity index (χ2n) is 6.60. The summed E-state index contributed by atoms with van der Waals surface area (Å²) in [4.78, 5) is 24.2. The average Bonchev–Trinajstić information content (AvgIpc) is 3.11. The quantitative estimate of drug-likeness (QED) is 0.269. The van der Waals surface area contributed by atoms with Crippen molar-refractivity contribution in [3.05, 3.63) is 71.2 Å². The van der Waals surface area contributed by atoms with E-state index in [2.05, 4.69) is 38.0 Å². The lowest BCUT2D eigenvalue weighted by Crippen LogP contribution is -2.23. The zero-order valence-corrected chi connectivity index (χ0v) is 19.0. The summed E-state index contributed by atoms with van der Waals surface area (Å²) >= 11 is 4.75. The maximum Gasteiger partial charge on any atom is 0.237 e. The van der Waals surface area contributed by atoms with Gasteiger partial charge >= 0.3 is 0 Å². The smallest absolute Gasteiger partial charge is 0.237 e. The maximum atomic E-state index is 12.7. The summed E-state index contributed by atoms with van der Waals surface area (Å²) in [5.41, 5.74) is 2.07. The summed E-state index contributed by atoms with van der Waals surface area (Å²) < 4.78 is 2.91. The third kappa shape index (κ3) is 5.25. The van der Waals surface area contributed by atoms with Crippen molar-refractivity contribution < 1.29 is 9.59 Å². The van der Waals surface area contributed by atoms with E-state index >= 15 is 0 Å². The van der Waals surface area contributed by atoms with Crippen molar-refractivity contribution in [2.24, 2.45) is 0 Å². The van der Waals surface area contributed by atoms with E-state index in [4.69, 9.17) is 0 Å². The Labute approximate surface area is 187 Å². The van der Waals surface area contributed by atoms with E-state index in [0.717, 1.165) is 10.0 Å². The van der Waals surface area contributed by atoms with Crippen LogP contribution in [0.3, 0.4) is 0 Å². The van der Waals surface area contributed by atoms with E-state index in [0.29, 0.717) is 28.8 Å². The van der Waals surface area contributed by atoms with E-state index < -0.39 is 5.25 Å². The van der Waals surface area contributed by atoms with Gasteiger partial charge in [0, 0.05) is 27.8 Å². The highest BCUT2D eigenvalue weighted by molar-refractivity contribution is 9.10. The Bertz CT molecular complexity index is 1080. The summed E-state index contributed by atoms with van der Waals surface area (Å²) in [5.74, 6) is 0.484. The minimum absolute atomic E-state index is 0.0495. The van der Waals surface area contributed by atoms with Crippen LogP contribution in [0.2, 0.25) is 0 Å². The molecule has 0 radical (unpaired) electrons. The van der Waals surface area contributed by atoms with Crippen LogP contribution in [0, 0.1) is 0 Å². The van der Waals surface area contributed by atoms with Gasteiger partial charge in [-0.3, -0.25) is 14.2 Å². The summed E-state index contributed by atoms with van der Waals surface area (Å²) in [6.07, 6.45) is 1.77. The molecule has 1 N–H and O–H groups in total. The molecular formula is C22H21BrN4O2S. The highest BCUT2D eigenvalue weighted by atomic mass is 79.9. The fourth-order valence-electron chi connectivity index (χ4n) is 2.75. The molecule has 3 aromatic rings. The third-order valence-corrected chi connectivity index (χ3v) is 5.93. The first-order valence-corrected chi connectivity index (χ1v) is 10.9. The minimum Gasteiger partial charge on any atom is -0.325 e. The largest absolute Gasteiger partial charge is 0.325 e. The summed E-state index contributed by atoms with van der Waals surface area (Å²) in [6.45, 7) is 7.64. The number of halogens is 1. The Morgan fingerprint density at radius 2 is 1.97 bits per heavy atom. The Morgan fingerprint density at radius 3 is 2.63 bits per heavy atom. The van der Waals surface area contributed by atoms with Crippen molar-refractivity contribution in [1.82, 2.24) is 14.8 Å². The second-order valence-corrected chi connectivity index (χ2v) is 8.82. The van der Waals surface area contributed by atoms with Crippen molar-refractivity contribution in [3.63, 3.8) is 0 Å².